The van der Waals surface area contributed by atoms with Crippen molar-refractivity contribution < 1.29 is 28.9 Å². The second kappa shape index (κ2) is 12.4. The Labute approximate surface area is 211 Å². The van der Waals surface area contributed by atoms with E-state index in [4.69, 9.17) is 14.2 Å². The summed E-state index contributed by atoms with van der Waals surface area (Å²) in [5.74, 6) is 0.348. The third kappa shape index (κ3) is 7.96. The predicted molar refractivity (Wildman–Crippen MR) is 137 cm³/mol. The SMILES string of the molecule is C=CCOC(=O)Nc1cccc(CN(C(=O)OC(C)(C)C)c2cc(N3CCOCC3)cc(CO)n2)c1. The molecule has 0 saturated carbocycles. The number of rotatable bonds is 8. The van der Waals surface area contributed by atoms with Gasteiger partial charge in [0.15, 0.2) is 0 Å². The summed E-state index contributed by atoms with van der Waals surface area (Å²) in [4.78, 5) is 33.3. The Bertz CT molecular complexity index is 1060. The zero-order valence-corrected chi connectivity index (χ0v) is 21.0. The number of nitrogens with zero attached hydrogens (tertiary/aromatic N) is 3. The van der Waals surface area contributed by atoms with Crippen LogP contribution >= 0.6 is 0 Å². The van der Waals surface area contributed by atoms with E-state index in [0.29, 0.717) is 43.5 Å². The van der Waals surface area contributed by atoms with Crippen LogP contribution in [0.1, 0.15) is 32.0 Å². The zero-order chi connectivity index (χ0) is 26.1. The Morgan fingerprint density at radius 2 is 2.00 bits per heavy atom. The van der Waals surface area contributed by atoms with Gasteiger partial charge in [0.2, 0.25) is 0 Å². The van der Waals surface area contributed by atoms with E-state index in [2.05, 4.69) is 21.8 Å². The molecular weight excluding hydrogens is 464 g/mol. The van der Waals surface area contributed by atoms with Gasteiger partial charge in [-0.05, 0) is 44.5 Å². The fraction of sp³-hybridized carbons (Fsp3) is 0.423. The van der Waals surface area contributed by atoms with Crippen LogP contribution in [0.15, 0.2) is 49.1 Å². The summed E-state index contributed by atoms with van der Waals surface area (Å²) in [5.41, 5.74) is 1.78. The summed E-state index contributed by atoms with van der Waals surface area (Å²) >= 11 is 0. The number of pyridine rings is 1. The fourth-order valence-electron chi connectivity index (χ4n) is 3.55. The molecule has 2 N–H and O–H groups in total. The number of anilines is 3. The molecule has 1 aromatic carbocycles. The van der Waals surface area contributed by atoms with Crippen LogP contribution in [-0.2, 0) is 27.4 Å². The van der Waals surface area contributed by atoms with Crippen molar-refractivity contribution in [2.24, 2.45) is 0 Å². The van der Waals surface area contributed by atoms with Crippen LogP contribution in [0, 0.1) is 0 Å². The second-order valence-electron chi connectivity index (χ2n) is 9.21. The summed E-state index contributed by atoms with van der Waals surface area (Å²) in [5, 5.41) is 12.5. The molecule has 0 radical (unpaired) electrons. The van der Waals surface area contributed by atoms with Crippen LogP contribution in [0.5, 0.6) is 0 Å². The monoisotopic (exact) mass is 498 g/mol. The van der Waals surface area contributed by atoms with Crippen molar-refractivity contribution >= 4 is 29.4 Å². The predicted octanol–water partition coefficient (Wildman–Crippen LogP) is 4.09. The van der Waals surface area contributed by atoms with Gasteiger partial charge in [0.25, 0.3) is 0 Å². The number of benzene rings is 1. The zero-order valence-electron chi connectivity index (χ0n) is 21.0. The lowest BCUT2D eigenvalue weighted by Gasteiger charge is -2.31. The van der Waals surface area contributed by atoms with E-state index in [1.54, 1.807) is 39.0 Å². The van der Waals surface area contributed by atoms with Gasteiger partial charge >= 0.3 is 12.2 Å². The van der Waals surface area contributed by atoms with Crippen molar-refractivity contribution in [3.05, 3.63) is 60.3 Å². The van der Waals surface area contributed by atoms with Crippen LogP contribution in [0.2, 0.25) is 0 Å². The molecule has 2 aromatic rings. The molecule has 2 heterocycles. The molecule has 0 unspecified atom stereocenters. The van der Waals surface area contributed by atoms with Crippen LogP contribution in [-0.4, -0.2) is 60.8 Å². The maximum atomic E-state index is 13.3. The molecule has 36 heavy (non-hydrogen) atoms. The maximum Gasteiger partial charge on any atom is 0.416 e. The number of morpholine rings is 1. The lowest BCUT2D eigenvalue weighted by Crippen LogP contribution is -2.38. The van der Waals surface area contributed by atoms with Gasteiger partial charge in [-0.15, -0.1) is 0 Å². The van der Waals surface area contributed by atoms with E-state index >= 15 is 0 Å². The third-order valence-corrected chi connectivity index (χ3v) is 5.12. The number of hydrogen-bond acceptors (Lipinski definition) is 8. The summed E-state index contributed by atoms with van der Waals surface area (Å²) in [6.45, 7) is 11.4. The molecule has 1 aliphatic rings. The Morgan fingerprint density at radius 3 is 2.67 bits per heavy atom. The topological polar surface area (TPSA) is 113 Å². The minimum Gasteiger partial charge on any atom is -0.445 e. The quantitative estimate of drug-likeness (QED) is 0.524. The van der Waals surface area contributed by atoms with E-state index in [0.717, 1.165) is 11.3 Å². The standard InChI is InChI=1S/C26H34N4O6/c1-5-11-35-24(32)28-20-8-6-7-19(14-20)17-30(25(33)36-26(2,3)4)23-16-22(15-21(18-31)27-23)29-9-12-34-13-10-29/h5-8,14-16,31H,1,9-13,17-18H2,2-4H3,(H,28,32). The second-order valence-corrected chi connectivity index (χ2v) is 9.21. The third-order valence-electron chi connectivity index (χ3n) is 5.12. The molecule has 10 heteroatoms. The van der Waals surface area contributed by atoms with E-state index in [9.17, 15) is 14.7 Å². The highest BCUT2D eigenvalue weighted by atomic mass is 16.6. The lowest BCUT2D eigenvalue weighted by atomic mass is 10.1. The molecule has 0 bridgehead atoms. The van der Waals surface area contributed by atoms with Gasteiger partial charge in [0.1, 0.15) is 18.0 Å². The number of amides is 2. The first-order chi connectivity index (χ1) is 17.2. The first-order valence-electron chi connectivity index (χ1n) is 11.8. The first kappa shape index (κ1) is 27.0. The van der Waals surface area contributed by atoms with Crippen LogP contribution in [0.4, 0.5) is 26.8 Å². The molecule has 0 spiro atoms. The largest absolute Gasteiger partial charge is 0.445 e. The molecule has 194 valence electrons. The number of nitrogens with one attached hydrogen (secondary N) is 1. The molecule has 1 aromatic heterocycles. The molecular formula is C26H34N4O6. The molecule has 2 amide bonds. The highest BCUT2D eigenvalue weighted by Gasteiger charge is 2.26. The van der Waals surface area contributed by atoms with Gasteiger partial charge in [-0.25, -0.2) is 14.6 Å². The lowest BCUT2D eigenvalue weighted by molar-refractivity contribution is 0.0576. The van der Waals surface area contributed by atoms with Crippen LogP contribution < -0.4 is 15.1 Å². The molecule has 1 aliphatic heterocycles. The van der Waals surface area contributed by atoms with Gasteiger partial charge in [0.05, 0.1) is 32.1 Å². The molecule has 0 aliphatic carbocycles. The van der Waals surface area contributed by atoms with Crippen LogP contribution in [0.3, 0.4) is 0 Å². The maximum absolute atomic E-state index is 13.3. The average Bonchev–Trinajstić information content (AvgIpc) is 2.85. The van der Waals surface area contributed by atoms with Gasteiger partial charge < -0.3 is 24.2 Å². The van der Waals surface area contributed by atoms with Crippen molar-refractivity contribution in [2.75, 3.05) is 48.0 Å². The number of hydrogen-bond donors (Lipinski definition) is 2. The number of carbonyl (C=O) groups is 2. The van der Waals surface area contributed by atoms with Gasteiger partial charge in [-0.2, -0.15) is 0 Å². The molecule has 3 rings (SSSR count). The number of aliphatic hydroxyl groups is 1. The molecule has 0 atom stereocenters. The molecule has 1 saturated heterocycles. The Balaban J connectivity index is 1.93. The fourth-order valence-corrected chi connectivity index (χ4v) is 3.55. The molecule has 10 nitrogen and oxygen atoms in total. The van der Waals surface area contributed by atoms with Crippen molar-refractivity contribution in [1.29, 1.82) is 0 Å². The van der Waals surface area contributed by atoms with Gasteiger partial charge in [-0.1, -0.05) is 24.8 Å². The highest BCUT2D eigenvalue weighted by molar-refractivity contribution is 5.88. The van der Waals surface area contributed by atoms with E-state index in [1.807, 2.05) is 18.2 Å². The summed E-state index contributed by atoms with van der Waals surface area (Å²) in [6.07, 6.45) is 0.290. The van der Waals surface area contributed by atoms with E-state index in [1.165, 1.54) is 11.0 Å². The van der Waals surface area contributed by atoms with Crippen molar-refractivity contribution in [2.45, 2.75) is 39.5 Å². The number of ether oxygens (including phenoxy) is 3. The first-order valence-corrected chi connectivity index (χ1v) is 11.8. The Morgan fingerprint density at radius 1 is 1.25 bits per heavy atom. The van der Waals surface area contributed by atoms with Crippen LogP contribution in [0.25, 0.3) is 0 Å². The average molecular weight is 499 g/mol. The molecule has 1 fully saturated rings. The van der Waals surface area contributed by atoms with E-state index < -0.39 is 17.8 Å². The summed E-state index contributed by atoms with van der Waals surface area (Å²) in [6, 6.07) is 10.7. The minimum absolute atomic E-state index is 0.0935. The Hall–Kier alpha value is -3.63. The van der Waals surface area contributed by atoms with E-state index in [-0.39, 0.29) is 19.8 Å². The summed E-state index contributed by atoms with van der Waals surface area (Å²) < 4.78 is 16.1. The van der Waals surface area contributed by atoms with Crippen molar-refractivity contribution in [3.8, 4) is 0 Å². The van der Waals surface area contributed by atoms with Crippen molar-refractivity contribution in [3.63, 3.8) is 0 Å². The summed E-state index contributed by atoms with van der Waals surface area (Å²) in [7, 11) is 0. The smallest absolute Gasteiger partial charge is 0.416 e. The Kier molecular flexibility index (Phi) is 9.26. The van der Waals surface area contributed by atoms with Gasteiger partial charge in [-0.3, -0.25) is 10.2 Å². The van der Waals surface area contributed by atoms with Gasteiger partial charge in [0, 0.05) is 30.5 Å². The van der Waals surface area contributed by atoms with Crippen molar-refractivity contribution in [1.82, 2.24) is 4.98 Å². The minimum atomic E-state index is -0.727. The number of carbonyl (C=O) groups excluding carboxylic acids is 2. The normalized spacial score (nSPS) is 13.6. The number of aromatic nitrogens is 1. The highest BCUT2D eigenvalue weighted by Crippen LogP contribution is 2.27. The number of aliphatic hydroxyl groups excluding tert-OH is 1.